The third kappa shape index (κ3) is 4.16. The van der Waals surface area contributed by atoms with Crippen LogP contribution in [-0.2, 0) is 23.9 Å². The zero-order valence-electron chi connectivity index (χ0n) is 13.4. The molecule has 5 nitrogen and oxygen atoms in total. The molecule has 0 atom stereocenters. The Labute approximate surface area is 125 Å². The summed E-state index contributed by atoms with van der Waals surface area (Å²) in [5, 5.41) is 0. The lowest BCUT2D eigenvalue weighted by Crippen LogP contribution is -2.37. The Bertz CT molecular complexity index is 455. The highest BCUT2D eigenvalue weighted by atomic mass is 16.6. The molecule has 0 bridgehead atoms. The lowest BCUT2D eigenvalue weighted by atomic mass is 9.71. The van der Waals surface area contributed by atoms with Gasteiger partial charge in [0.25, 0.3) is 0 Å². The Morgan fingerprint density at radius 1 is 1.10 bits per heavy atom. The molecule has 0 radical (unpaired) electrons. The molecule has 118 valence electrons. The Hall–Kier alpha value is -1.65. The summed E-state index contributed by atoms with van der Waals surface area (Å²) in [6, 6.07) is 0. The monoisotopic (exact) mass is 296 g/mol. The first-order valence-electron chi connectivity index (χ1n) is 7.29. The van der Waals surface area contributed by atoms with E-state index in [4.69, 9.17) is 9.47 Å². The largest absolute Gasteiger partial charge is 0.465 e. The molecule has 0 saturated heterocycles. The number of ketones is 1. The highest BCUT2D eigenvalue weighted by Crippen LogP contribution is 2.39. The molecule has 5 heteroatoms. The molecule has 21 heavy (non-hydrogen) atoms. The fourth-order valence-corrected chi connectivity index (χ4v) is 2.83. The minimum atomic E-state index is -1.26. The van der Waals surface area contributed by atoms with E-state index in [2.05, 4.69) is 0 Å². The van der Waals surface area contributed by atoms with Crippen LogP contribution in [0, 0.1) is 11.3 Å². The van der Waals surface area contributed by atoms with Crippen LogP contribution in [0.15, 0.2) is 11.1 Å². The van der Waals surface area contributed by atoms with Gasteiger partial charge in [-0.15, -0.1) is 0 Å². The predicted molar refractivity (Wildman–Crippen MR) is 77.5 cm³/mol. The summed E-state index contributed by atoms with van der Waals surface area (Å²) in [6.45, 7) is 9.41. The van der Waals surface area contributed by atoms with E-state index in [-0.39, 0.29) is 30.0 Å². The van der Waals surface area contributed by atoms with E-state index in [1.54, 1.807) is 20.8 Å². The van der Waals surface area contributed by atoms with Crippen molar-refractivity contribution in [2.45, 2.75) is 47.5 Å². The maximum absolute atomic E-state index is 12.4. The van der Waals surface area contributed by atoms with Gasteiger partial charge >= 0.3 is 11.9 Å². The lowest BCUT2D eigenvalue weighted by molar-refractivity contribution is -0.160. The van der Waals surface area contributed by atoms with Crippen LogP contribution in [0.25, 0.3) is 0 Å². The van der Waals surface area contributed by atoms with Gasteiger partial charge in [0.1, 0.15) is 0 Å². The number of carbonyl (C=O) groups is 3. The quantitative estimate of drug-likeness (QED) is 0.575. The van der Waals surface area contributed by atoms with Crippen molar-refractivity contribution < 1.29 is 23.9 Å². The maximum atomic E-state index is 12.4. The SMILES string of the molecule is CCOC(=O)C(C(=O)OCC)C1=C(C)CC(C)(C)CC1=O. The molecule has 0 saturated carbocycles. The number of hydrogen-bond donors (Lipinski definition) is 0. The molecule has 0 N–H and O–H groups in total. The number of rotatable bonds is 5. The van der Waals surface area contributed by atoms with E-state index in [1.165, 1.54) is 0 Å². The molecule has 0 aromatic carbocycles. The van der Waals surface area contributed by atoms with Crippen LogP contribution in [0.5, 0.6) is 0 Å². The first-order valence-corrected chi connectivity index (χ1v) is 7.29. The van der Waals surface area contributed by atoms with Crippen LogP contribution in [-0.4, -0.2) is 30.9 Å². The molecule has 0 spiro atoms. The van der Waals surface area contributed by atoms with Gasteiger partial charge < -0.3 is 9.47 Å². The standard InChI is InChI=1S/C16H24O5/c1-6-20-14(18)13(15(19)21-7-2)12-10(3)8-16(4,5)9-11(12)17/h13H,6-9H2,1-5H3. The van der Waals surface area contributed by atoms with E-state index >= 15 is 0 Å². The number of allylic oxidation sites excluding steroid dienone is 1. The molecular weight excluding hydrogens is 272 g/mol. The molecule has 0 amide bonds. The second kappa shape index (κ2) is 6.87. The summed E-state index contributed by atoms with van der Waals surface area (Å²) in [6.07, 6.45) is 0.984. The van der Waals surface area contributed by atoms with Crippen LogP contribution in [0.3, 0.4) is 0 Å². The smallest absolute Gasteiger partial charge is 0.325 e. The Morgan fingerprint density at radius 2 is 1.57 bits per heavy atom. The van der Waals surface area contributed by atoms with Crippen LogP contribution >= 0.6 is 0 Å². The summed E-state index contributed by atoms with van der Waals surface area (Å²) in [4.78, 5) is 36.6. The molecule has 0 aliphatic heterocycles. The van der Waals surface area contributed by atoms with Gasteiger partial charge in [-0.05, 0) is 32.6 Å². The van der Waals surface area contributed by atoms with E-state index in [0.29, 0.717) is 12.8 Å². The van der Waals surface area contributed by atoms with E-state index in [1.807, 2.05) is 13.8 Å². The van der Waals surface area contributed by atoms with Crippen molar-refractivity contribution in [1.29, 1.82) is 0 Å². The van der Waals surface area contributed by atoms with Crippen LogP contribution in [0.2, 0.25) is 0 Å². The Balaban J connectivity index is 3.21. The number of hydrogen-bond acceptors (Lipinski definition) is 5. The van der Waals surface area contributed by atoms with Gasteiger partial charge in [0.05, 0.1) is 13.2 Å². The highest BCUT2D eigenvalue weighted by molar-refractivity contribution is 6.10. The molecule has 0 unspecified atom stereocenters. The van der Waals surface area contributed by atoms with Crippen LogP contribution < -0.4 is 0 Å². The first-order chi connectivity index (χ1) is 9.73. The lowest BCUT2D eigenvalue weighted by Gasteiger charge is -2.32. The molecule has 0 fully saturated rings. The van der Waals surface area contributed by atoms with E-state index in [9.17, 15) is 14.4 Å². The molecule has 0 aromatic rings. The Morgan fingerprint density at radius 3 is 1.95 bits per heavy atom. The normalized spacial score (nSPS) is 17.9. The van der Waals surface area contributed by atoms with Crippen molar-refractivity contribution in [1.82, 2.24) is 0 Å². The summed E-state index contributed by atoms with van der Waals surface area (Å²) in [5.74, 6) is -2.85. The van der Waals surface area contributed by atoms with Crippen molar-refractivity contribution >= 4 is 17.7 Å². The van der Waals surface area contributed by atoms with Gasteiger partial charge in [0.15, 0.2) is 11.7 Å². The number of esters is 2. The predicted octanol–water partition coefficient (Wildman–Crippen LogP) is 2.43. The minimum Gasteiger partial charge on any atom is -0.465 e. The zero-order chi connectivity index (χ0) is 16.2. The van der Waals surface area contributed by atoms with Crippen LogP contribution in [0.4, 0.5) is 0 Å². The Kier molecular flexibility index (Phi) is 5.70. The van der Waals surface area contributed by atoms with Gasteiger partial charge in [-0.25, -0.2) is 0 Å². The summed E-state index contributed by atoms with van der Waals surface area (Å²) < 4.78 is 9.89. The van der Waals surface area contributed by atoms with Crippen molar-refractivity contribution in [2.75, 3.05) is 13.2 Å². The molecule has 0 heterocycles. The maximum Gasteiger partial charge on any atom is 0.325 e. The minimum absolute atomic E-state index is 0.154. The summed E-state index contributed by atoms with van der Waals surface area (Å²) in [5.41, 5.74) is 0.868. The zero-order valence-corrected chi connectivity index (χ0v) is 13.4. The van der Waals surface area contributed by atoms with E-state index < -0.39 is 17.9 Å². The van der Waals surface area contributed by atoms with Gasteiger partial charge in [0.2, 0.25) is 0 Å². The average Bonchev–Trinajstić information content (AvgIpc) is 2.32. The van der Waals surface area contributed by atoms with Gasteiger partial charge in [0, 0.05) is 12.0 Å². The molecular formula is C16H24O5. The third-order valence-electron chi connectivity index (χ3n) is 3.48. The van der Waals surface area contributed by atoms with Crippen molar-refractivity contribution in [2.24, 2.45) is 11.3 Å². The van der Waals surface area contributed by atoms with E-state index in [0.717, 1.165) is 5.57 Å². The molecule has 0 aromatic heterocycles. The van der Waals surface area contributed by atoms with Gasteiger partial charge in [-0.1, -0.05) is 19.4 Å². The fraction of sp³-hybridized carbons (Fsp3) is 0.688. The number of Topliss-reactive ketones (excluding diaryl/α,β-unsaturated/α-hetero) is 1. The topological polar surface area (TPSA) is 69.7 Å². The molecule has 1 aliphatic rings. The van der Waals surface area contributed by atoms with Gasteiger partial charge in [-0.3, -0.25) is 14.4 Å². The summed E-state index contributed by atoms with van der Waals surface area (Å²) >= 11 is 0. The van der Waals surface area contributed by atoms with Crippen molar-refractivity contribution in [3.8, 4) is 0 Å². The molecule has 1 rings (SSSR count). The van der Waals surface area contributed by atoms with Crippen LogP contribution in [0.1, 0.15) is 47.5 Å². The second-order valence-corrected chi connectivity index (χ2v) is 6.07. The second-order valence-electron chi connectivity index (χ2n) is 6.07. The first kappa shape index (κ1) is 17.4. The summed E-state index contributed by atoms with van der Waals surface area (Å²) in [7, 11) is 0. The van der Waals surface area contributed by atoms with Crippen molar-refractivity contribution in [3.63, 3.8) is 0 Å². The number of carbonyl (C=O) groups excluding carboxylic acids is 3. The third-order valence-corrected chi connectivity index (χ3v) is 3.48. The van der Waals surface area contributed by atoms with Gasteiger partial charge in [-0.2, -0.15) is 0 Å². The average molecular weight is 296 g/mol. The number of ether oxygens (including phenoxy) is 2. The van der Waals surface area contributed by atoms with Crippen molar-refractivity contribution in [3.05, 3.63) is 11.1 Å². The molecule has 1 aliphatic carbocycles. The fourth-order valence-electron chi connectivity index (χ4n) is 2.83. The highest BCUT2D eigenvalue weighted by Gasteiger charge is 2.42.